The lowest BCUT2D eigenvalue weighted by molar-refractivity contribution is 0.0572. The van der Waals surface area contributed by atoms with Crippen LogP contribution < -0.4 is 5.32 Å². The van der Waals surface area contributed by atoms with Gasteiger partial charge in [0, 0.05) is 25.2 Å². The van der Waals surface area contributed by atoms with Gasteiger partial charge in [-0.25, -0.2) is 0 Å². The first-order chi connectivity index (χ1) is 9.65. The largest absolute Gasteiger partial charge is 0.380 e. The third-order valence-electron chi connectivity index (χ3n) is 4.32. The number of rotatable bonds is 10. The SMILES string of the molecule is CCCNC(C)C1CCCCN1CCOCCC(C)C. The third kappa shape index (κ3) is 7.05. The average molecular weight is 284 g/mol. The Morgan fingerprint density at radius 2 is 2.00 bits per heavy atom. The highest BCUT2D eigenvalue weighted by molar-refractivity contribution is 4.84. The fourth-order valence-corrected chi connectivity index (χ4v) is 2.97. The second kappa shape index (κ2) is 10.6. The zero-order valence-corrected chi connectivity index (χ0v) is 14.2. The van der Waals surface area contributed by atoms with Crippen LogP contribution in [-0.2, 0) is 4.74 Å². The Kier molecular flexibility index (Phi) is 9.49. The van der Waals surface area contributed by atoms with Crippen LogP contribution in [0, 0.1) is 5.92 Å². The van der Waals surface area contributed by atoms with Crippen LogP contribution >= 0.6 is 0 Å². The lowest BCUT2D eigenvalue weighted by atomic mass is 9.96. The number of nitrogens with one attached hydrogen (secondary N) is 1. The van der Waals surface area contributed by atoms with E-state index < -0.39 is 0 Å². The molecule has 0 amide bonds. The minimum Gasteiger partial charge on any atom is -0.380 e. The lowest BCUT2D eigenvalue weighted by Gasteiger charge is -2.39. The molecule has 1 aliphatic heterocycles. The van der Waals surface area contributed by atoms with Crippen molar-refractivity contribution in [2.24, 2.45) is 5.92 Å². The lowest BCUT2D eigenvalue weighted by Crippen LogP contribution is -2.52. The van der Waals surface area contributed by atoms with E-state index >= 15 is 0 Å². The molecule has 0 aliphatic carbocycles. The van der Waals surface area contributed by atoms with Gasteiger partial charge in [0.15, 0.2) is 0 Å². The molecule has 0 aromatic heterocycles. The van der Waals surface area contributed by atoms with E-state index in [1.807, 2.05) is 0 Å². The summed E-state index contributed by atoms with van der Waals surface area (Å²) in [6.45, 7) is 14.4. The summed E-state index contributed by atoms with van der Waals surface area (Å²) in [7, 11) is 0. The quantitative estimate of drug-likeness (QED) is 0.623. The van der Waals surface area contributed by atoms with Gasteiger partial charge in [-0.2, -0.15) is 0 Å². The predicted molar refractivity (Wildman–Crippen MR) is 87.2 cm³/mol. The molecule has 1 rings (SSSR count). The first kappa shape index (κ1) is 17.9. The molecule has 0 bridgehead atoms. The van der Waals surface area contributed by atoms with Crippen molar-refractivity contribution < 1.29 is 4.74 Å². The molecule has 3 nitrogen and oxygen atoms in total. The van der Waals surface area contributed by atoms with Gasteiger partial charge in [-0.05, 0) is 51.6 Å². The van der Waals surface area contributed by atoms with Crippen LogP contribution in [0.25, 0.3) is 0 Å². The Morgan fingerprint density at radius 1 is 1.20 bits per heavy atom. The van der Waals surface area contributed by atoms with Crippen molar-refractivity contribution in [2.75, 3.05) is 32.8 Å². The van der Waals surface area contributed by atoms with Crippen molar-refractivity contribution in [3.63, 3.8) is 0 Å². The van der Waals surface area contributed by atoms with Gasteiger partial charge in [-0.1, -0.05) is 27.2 Å². The van der Waals surface area contributed by atoms with Gasteiger partial charge in [0.1, 0.15) is 0 Å². The topological polar surface area (TPSA) is 24.5 Å². The Morgan fingerprint density at radius 3 is 2.70 bits per heavy atom. The summed E-state index contributed by atoms with van der Waals surface area (Å²) < 4.78 is 5.79. The van der Waals surface area contributed by atoms with Crippen LogP contribution in [0.1, 0.15) is 59.8 Å². The maximum Gasteiger partial charge on any atom is 0.0593 e. The second-order valence-corrected chi connectivity index (χ2v) is 6.64. The Balaban J connectivity index is 2.25. The maximum atomic E-state index is 5.79. The fourth-order valence-electron chi connectivity index (χ4n) is 2.97. The fraction of sp³-hybridized carbons (Fsp3) is 1.00. The minimum atomic E-state index is 0.603. The first-order valence-electron chi connectivity index (χ1n) is 8.70. The normalized spacial score (nSPS) is 22.4. The zero-order valence-electron chi connectivity index (χ0n) is 14.2. The van der Waals surface area contributed by atoms with Crippen molar-refractivity contribution in [1.82, 2.24) is 10.2 Å². The molecule has 0 saturated carbocycles. The summed E-state index contributed by atoms with van der Waals surface area (Å²) in [6.07, 6.45) is 6.47. The van der Waals surface area contributed by atoms with E-state index in [0.29, 0.717) is 12.1 Å². The molecule has 1 saturated heterocycles. The molecule has 1 aliphatic rings. The number of hydrogen-bond acceptors (Lipinski definition) is 3. The molecule has 2 unspecified atom stereocenters. The smallest absolute Gasteiger partial charge is 0.0593 e. The molecule has 2 atom stereocenters. The number of likely N-dealkylation sites (tertiary alicyclic amines) is 1. The number of hydrogen-bond donors (Lipinski definition) is 1. The van der Waals surface area contributed by atoms with Crippen LogP contribution in [0.3, 0.4) is 0 Å². The molecule has 20 heavy (non-hydrogen) atoms. The van der Waals surface area contributed by atoms with E-state index in [1.54, 1.807) is 0 Å². The van der Waals surface area contributed by atoms with Crippen LogP contribution in [0.4, 0.5) is 0 Å². The van der Waals surface area contributed by atoms with Crippen molar-refractivity contribution in [2.45, 2.75) is 71.9 Å². The summed E-state index contributed by atoms with van der Waals surface area (Å²) >= 11 is 0. The number of nitrogens with zero attached hydrogens (tertiary/aromatic N) is 1. The average Bonchev–Trinajstić information content (AvgIpc) is 2.44. The van der Waals surface area contributed by atoms with Crippen LogP contribution in [0.5, 0.6) is 0 Å². The third-order valence-corrected chi connectivity index (χ3v) is 4.32. The van der Waals surface area contributed by atoms with Gasteiger partial charge in [0.25, 0.3) is 0 Å². The van der Waals surface area contributed by atoms with E-state index in [2.05, 4.69) is 37.9 Å². The van der Waals surface area contributed by atoms with Gasteiger partial charge < -0.3 is 10.1 Å². The van der Waals surface area contributed by atoms with Gasteiger partial charge in [-0.15, -0.1) is 0 Å². The second-order valence-electron chi connectivity index (χ2n) is 6.64. The molecular formula is C17H36N2O. The molecule has 120 valence electrons. The minimum absolute atomic E-state index is 0.603. The molecule has 1 fully saturated rings. The van der Waals surface area contributed by atoms with Gasteiger partial charge in [-0.3, -0.25) is 4.90 Å². The molecule has 0 aromatic carbocycles. The van der Waals surface area contributed by atoms with Crippen molar-refractivity contribution >= 4 is 0 Å². The van der Waals surface area contributed by atoms with Crippen molar-refractivity contribution in [1.29, 1.82) is 0 Å². The van der Waals surface area contributed by atoms with Crippen molar-refractivity contribution in [3.05, 3.63) is 0 Å². The standard InChI is InChI=1S/C17H36N2O/c1-5-10-18-16(4)17-8-6-7-11-19(17)12-14-20-13-9-15(2)3/h15-18H,5-14H2,1-4H3. The maximum absolute atomic E-state index is 5.79. The molecule has 1 N–H and O–H groups in total. The Hall–Kier alpha value is -0.120. The van der Waals surface area contributed by atoms with Crippen LogP contribution in [0.15, 0.2) is 0 Å². The monoisotopic (exact) mass is 284 g/mol. The molecule has 1 heterocycles. The van der Waals surface area contributed by atoms with E-state index in [9.17, 15) is 0 Å². The first-order valence-corrected chi connectivity index (χ1v) is 8.70. The highest BCUT2D eigenvalue weighted by atomic mass is 16.5. The van der Waals surface area contributed by atoms with E-state index in [0.717, 1.165) is 32.2 Å². The van der Waals surface area contributed by atoms with Gasteiger partial charge in [0.2, 0.25) is 0 Å². The molecule has 0 radical (unpaired) electrons. The summed E-state index contributed by atoms with van der Waals surface area (Å²) in [5.41, 5.74) is 0. The highest BCUT2D eigenvalue weighted by Gasteiger charge is 2.26. The van der Waals surface area contributed by atoms with Crippen LogP contribution in [-0.4, -0.2) is 49.8 Å². The van der Waals surface area contributed by atoms with Gasteiger partial charge in [0.05, 0.1) is 6.61 Å². The number of ether oxygens (including phenoxy) is 1. The molecule has 0 spiro atoms. The van der Waals surface area contributed by atoms with E-state index in [-0.39, 0.29) is 0 Å². The van der Waals surface area contributed by atoms with Crippen LogP contribution in [0.2, 0.25) is 0 Å². The molecule has 0 aromatic rings. The Labute approximate surface area is 126 Å². The van der Waals surface area contributed by atoms with Gasteiger partial charge >= 0.3 is 0 Å². The van der Waals surface area contributed by atoms with E-state index in [1.165, 1.54) is 38.6 Å². The molecular weight excluding hydrogens is 248 g/mol. The predicted octanol–water partition coefficient (Wildman–Crippen LogP) is 3.29. The summed E-state index contributed by atoms with van der Waals surface area (Å²) in [5.74, 6) is 0.746. The summed E-state index contributed by atoms with van der Waals surface area (Å²) in [5, 5.41) is 3.67. The Bertz CT molecular complexity index is 233. The summed E-state index contributed by atoms with van der Waals surface area (Å²) in [6, 6.07) is 1.30. The van der Waals surface area contributed by atoms with E-state index in [4.69, 9.17) is 4.74 Å². The molecule has 3 heteroatoms. The summed E-state index contributed by atoms with van der Waals surface area (Å²) in [4.78, 5) is 2.65. The van der Waals surface area contributed by atoms with Crippen molar-refractivity contribution in [3.8, 4) is 0 Å². The highest BCUT2D eigenvalue weighted by Crippen LogP contribution is 2.19. The zero-order chi connectivity index (χ0) is 14.8. The number of piperidine rings is 1.